The van der Waals surface area contributed by atoms with Crippen molar-refractivity contribution in [1.82, 2.24) is 10.5 Å². The molecule has 0 fully saturated rings. The van der Waals surface area contributed by atoms with Crippen LogP contribution in [0.1, 0.15) is 34.6 Å². The van der Waals surface area contributed by atoms with Crippen molar-refractivity contribution in [3.05, 3.63) is 99.3 Å². The Morgan fingerprint density at radius 3 is 2.14 bits per heavy atom. The van der Waals surface area contributed by atoms with E-state index in [9.17, 15) is 17.4 Å². The number of guanidine groups is 1. The van der Waals surface area contributed by atoms with Crippen LogP contribution in [0.25, 0.3) is 0 Å². The van der Waals surface area contributed by atoms with E-state index in [1.54, 1.807) is 55.5 Å². The Hall–Kier alpha value is -2.66. The highest BCUT2D eigenvalue weighted by Gasteiger charge is 2.32. The van der Waals surface area contributed by atoms with Crippen molar-refractivity contribution in [1.29, 1.82) is 0 Å². The second kappa shape index (κ2) is 12.1. The molecule has 3 rings (SSSR count). The molecule has 0 bridgehead atoms. The van der Waals surface area contributed by atoms with Gasteiger partial charge in [0.15, 0.2) is 0 Å². The summed E-state index contributed by atoms with van der Waals surface area (Å²) >= 11 is 11.8. The molecule has 0 aliphatic carbocycles. The van der Waals surface area contributed by atoms with Gasteiger partial charge in [-0.05, 0) is 53.9 Å². The molecule has 6 nitrogen and oxygen atoms in total. The van der Waals surface area contributed by atoms with Crippen molar-refractivity contribution in [2.24, 2.45) is 9.36 Å². The molecule has 0 saturated carbocycles. The third-order valence-electron chi connectivity index (χ3n) is 5.11. The number of alkyl halides is 3. The van der Waals surface area contributed by atoms with Crippen LogP contribution >= 0.6 is 23.2 Å². The summed E-state index contributed by atoms with van der Waals surface area (Å²) in [6.45, 7) is 1.94. The van der Waals surface area contributed by atoms with E-state index >= 15 is 0 Å². The Morgan fingerprint density at radius 2 is 1.61 bits per heavy atom. The van der Waals surface area contributed by atoms with Gasteiger partial charge in [-0.25, -0.2) is 14.7 Å². The first-order valence-corrected chi connectivity index (χ1v) is 13.3. The molecule has 12 heteroatoms. The molecule has 0 saturated heterocycles. The molecule has 1 aromatic heterocycles. The van der Waals surface area contributed by atoms with Gasteiger partial charge in [-0.1, -0.05) is 53.5 Å². The number of nitrogens with zero attached hydrogens (tertiary/aromatic N) is 3. The van der Waals surface area contributed by atoms with Crippen LogP contribution in [0.2, 0.25) is 10.0 Å². The van der Waals surface area contributed by atoms with Crippen molar-refractivity contribution in [2.75, 3.05) is 6.26 Å². The molecule has 2 atom stereocenters. The largest absolute Gasteiger partial charge is 0.433 e. The smallest absolute Gasteiger partial charge is 0.269 e. The van der Waals surface area contributed by atoms with Gasteiger partial charge in [0.1, 0.15) is 5.69 Å². The summed E-state index contributed by atoms with van der Waals surface area (Å²) in [6, 6.07) is 16.1. The number of hydrogen-bond acceptors (Lipinski definition) is 4. The van der Waals surface area contributed by atoms with Gasteiger partial charge in [-0.2, -0.15) is 17.5 Å². The molecule has 0 aliphatic rings. The molecule has 1 N–H and O–H groups in total. The number of pyridine rings is 1. The molecule has 0 amide bonds. The molecule has 0 radical (unpaired) electrons. The van der Waals surface area contributed by atoms with Crippen molar-refractivity contribution < 1.29 is 22.2 Å². The van der Waals surface area contributed by atoms with Crippen molar-refractivity contribution >= 4 is 38.9 Å². The zero-order valence-electron chi connectivity index (χ0n) is 19.3. The van der Waals surface area contributed by atoms with Gasteiger partial charge in [-0.15, -0.1) is 0 Å². The lowest BCUT2D eigenvalue weighted by Crippen LogP contribution is -2.24. The van der Waals surface area contributed by atoms with Gasteiger partial charge < -0.3 is 0 Å². The minimum Gasteiger partial charge on any atom is -0.269 e. The Kier molecular flexibility index (Phi) is 9.35. The predicted octanol–water partition coefficient (Wildman–Crippen LogP) is 6.84. The quantitative estimate of drug-likeness (QED) is 0.195. The van der Waals surface area contributed by atoms with Gasteiger partial charge in [0, 0.05) is 22.5 Å². The molecule has 0 aliphatic heterocycles. The maximum absolute atomic E-state index is 13.5. The lowest BCUT2D eigenvalue weighted by Gasteiger charge is -2.16. The van der Waals surface area contributed by atoms with Crippen LogP contribution < -0.4 is 5.48 Å². The van der Waals surface area contributed by atoms with Gasteiger partial charge in [0.25, 0.3) is 5.96 Å². The number of hydrogen-bond donors (Lipinski definition) is 1. The Labute approximate surface area is 217 Å². The Bertz CT molecular complexity index is 1310. The molecule has 36 heavy (non-hydrogen) atoms. The number of rotatable bonds is 7. The van der Waals surface area contributed by atoms with Gasteiger partial charge in [-0.3, -0.25) is 9.82 Å². The highest BCUT2D eigenvalue weighted by Crippen LogP contribution is 2.29. The molecule has 3 aromatic rings. The zero-order chi connectivity index (χ0) is 26.3. The monoisotopic (exact) mass is 558 g/mol. The van der Waals surface area contributed by atoms with E-state index in [1.165, 1.54) is 12.3 Å². The van der Waals surface area contributed by atoms with Crippen LogP contribution in [0.3, 0.4) is 0 Å². The summed E-state index contributed by atoms with van der Waals surface area (Å²) < 4.78 is 56.3. The highest BCUT2D eigenvalue weighted by atomic mass is 35.5. The van der Waals surface area contributed by atoms with Gasteiger partial charge in [0.05, 0.1) is 28.1 Å². The van der Waals surface area contributed by atoms with E-state index in [-0.39, 0.29) is 19.1 Å². The molecule has 1 heterocycles. The van der Waals surface area contributed by atoms with Gasteiger partial charge in [0.2, 0.25) is 0 Å². The normalized spacial score (nSPS) is 14.7. The van der Waals surface area contributed by atoms with Crippen LogP contribution in [-0.4, -0.2) is 21.4 Å². The molecule has 2 unspecified atom stereocenters. The fraction of sp³-hybridized carbons (Fsp3) is 0.250. The number of benzene rings is 2. The van der Waals surface area contributed by atoms with E-state index in [0.29, 0.717) is 15.6 Å². The molecule has 0 spiro atoms. The average molecular weight is 559 g/mol. The second-order valence-electron chi connectivity index (χ2n) is 7.85. The summed E-state index contributed by atoms with van der Waals surface area (Å²) in [6.07, 6.45) is -2.11. The fourth-order valence-electron chi connectivity index (χ4n) is 2.92. The number of aromatic nitrogens is 1. The van der Waals surface area contributed by atoms with E-state index in [1.807, 2.05) is 0 Å². The van der Waals surface area contributed by atoms with E-state index in [0.717, 1.165) is 23.4 Å². The van der Waals surface area contributed by atoms with Crippen molar-refractivity contribution in [2.45, 2.75) is 31.5 Å². The second-order valence-corrected chi connectivity index (χ2v) is 11.3. The van der Waals surface area contributed by atoms with Crippen LogP contribution in [0.15, 0.2) is 76.2 Å². The molecular formula is C24H23Cl2F3N4O2S. The van der Waals surface area contributed by atoms with E-state index < -0.39 is 26.8 Å². The summed E-state index contributed by atoms with van der Waals surface area (Å²) in [4.78, 5) is 13.3. The topological polar surface area (TPSA) is 75.9 Å². The molecule has 2 aromatic carbocycles. The number of nitrogens with one attached hydrogen (secondary N) is 1. The Morgan fingerprint density at radius 1 is 1.03 bits per heavy atom. The van der Waals surface area contributed by atoms with Crippen LogP contribution in [0.5, 0.6) is 0 Å². The van der Waals surface area contributed by atoms with Crippen LogP contribution in [0, 0.1) is 0 Å². The first kappa shape index (κ1) is 27.9. The molecular weight excluding hydrogens is 536 g/mol. The average Bonchev–Trinajstić information content (AvgIpc) is 2.83. The maximum atomic E-state index is 13.5. The number of hydroxylamine groups is 1. The first-order chi connectivity index (χ1) is 16.9. The number of aliphatic imine (C=N–C) groups is 1. The zero-order valence-corrected chi connectivity index (χ0v) is 21.6. The molecule has 192 valence electrons. The fourth-order valence-corrected chi connectivity index (χ4v) is 4.41. The third kappa shape index (κ3) is 8.19. The first-order valence-electron chi connectivity index (χ1n) is 10.6. The standard InChI is InChI=1S/C24H23Cl2F3N4O2S/c1-16(19-7-12-22(30-14-19)24(27,28)29)36(2,34)33-23(31-13-17-3-8-20(25)9-4-17)32-35-15-18-5-10-21(26)11-6-18/h3-12,14,16H,13,15H2,1-2H3,(H,31,32). The van der Waals surface area contributed by atoms with Crippen molar-refractivity contribution in [3.8, 4) is 0 Å². The summed E-state index contributed by atoms with van der Waals surface area (Å²) in [5.41, 5.74) is 3.61. The lowest BCUT2D eigenvalue weighted by molar-refractivity contribution is -0.141. The van der Waals surface area contributed by atoms with E-state index in [4.69, 9.17) is 28.0 Å². The van der Waals surface area contributed by atoms with E-state index in [2.05, 4.69) is 19.8 Å². The summed E-state index contributed by atoms with van der Waals surface area (Å²) in [7, 11) is -3.03. The lowest BCUT2D eigenvalue weighted by atomic mass is 10.2. The highest BCUT2D eigenvalue weighted by molar-refractivity contribution is 7.93. The van der Waals surface area contributed by atoms with Crippen molar-refractivity contribution in [3.63, 3.8) is 0 Å². The van der Waals surface area contributed by atoms with Gasteiger partial charge >= 0.3 is 6.18 Å². The minimum atomic E-state index is -4.56. The summed E-state index contributed by atoms with van der Waals surface area (Å²) in [5.74, 6) is -0.0295. The summed E-state index contributed by atoms with van der Waals surface area (Å²) in [5, 5.41) is 0.420. The van der Waals surface area contributed by atoms with Crippen LogP contribution in [0.4, 0.5) is 13.2 Å². The third-order valence-corrected chi connectivity index (χ3v) is 7.73. The SMILES string of the molecule is CC(c1ccc(C(F)(F)F)nc1)S(C)(=O)=NC(=NCc1ccc(Cl)cc1)NOCc1ccc(Cl)cc1. The minimum absolute atomic E-state index is 0.0295. The Balaban J connectivity index is 1.82. The maximum Gasteiger partial charge on any atom is 0.433 e. The van der Waals surface area contributed by atoms with Crippen LogP contribution in [-0.2, 0) is 33.9 Å². The number of halogens is 5. The predicted molar refractivity (Wildman–Crippen MR) is 136 cm³/mol.